The Labute approximate surface area is 135 Å². The standard InChI is InChI=1S/C18H21F2NO2/c1-4-21(12-14-6-5-7-15(19)18(14)20)11-13-8-9-16(22-2)17(10-13)23-3/h5-10H,4,11-12H2,1-3H3. The maximum Gasteiger partial charge on any atom is 0.163 e. The number of hydrogen-bond acceptors (Lipinski definition) is 3. The van der Waals surface area contributed by atoms with Crippen LogP contribution in [-0.4, -0.2) is 25.7 Å². The van der Waals surface area contributed by atoms with Gasteiger partial charge in [-0.15, -0.1) is 0 Å². The maximum absolute atomic E-state index is 13.8. The van der Waals surface area contributed by atoms with E-state index >= 15 is 0 Å². The van der Waals surface area contributed by atoms with Crippen molar-refractivity contribution in [2.45, 2.75) is 20.0 Å². The summed E-state index contributed by atoms with van der Waals surface area (Å²) in [6, 6.07) is 9.93. The summed E-state index contributed by atoms with van der Waals surface area (Å²) in [5.74, 6) is -0.281. The van der Waals surface area contributed by atoms with Gasteiger partial charge in [-0.05, 0) is 30.3 Å². The highest BCUT2D eigenvalue weighted by molar-refractivity contribution is 5.42. The average Bonchev–Trinajstić information content (AvgIpc) is 2.58. The van der Waals surface area contributed by atoms with Gasteiger partial charge in [0.05, 0.1) is 14.2 Å². The van der Waals surface area contributed by atoms with E-state index in [1.807, 2.05) is 30.0 Å². The minimum absolute atomic E-state index is 0.342. The fourth-order valence-corrected chi connectivity index (χ4v) is 2.43. The van der Waals surface area contributed by atoms with E-state index in [0.717, 1.165) is 11.6 Å². The molecule has 0 saturated carbocycles. The van der Waals surface area contributed by atoms with Crippen molar-refractivity contribution in [1.82, 2.24) is 4.90 Å². The lowest BCUT2D eigenvalue weighted by molar-refractivity contribution is 0.265. The Morgan fingerprint density at radius 2 is 1.70 bits per heavy atom. The molecule has 0 aliphatic rings. The van der Waals surface area contributed by atoms with Crippen molar-refractivity contribution < 1.29 is 18.3 Å². The van der Waals surface area contributed by atoms with Gasteiger partial charge in [-0.2, -0.15) is 0 Å². The first-order valence-corrected chi connectivity index (χ1v) is 7.45. The third-order valence-corrected chi connectivity index (χ3v) is 3.73. The van der Waals surface area contributed by atoms with Crippen LogP contribution in [0, 0.1) is 11.6 Å². The van der Waals surface area contributed by atoms with Gasteiger partial charge in [-0.3, -0.25) is 4.90 Å². The Balaban J connectivity index is 2.15. The molecule has 0 bridgehead atoms. The van der Waals surface area contributed by atoms with Gasteiger partial charge in [0.1, 0.15) is 0 Å². The monoisotopic (exact) mass is 321 g/mol. The number of benzene rings is 2. The molecule has 0 atom stereocenters. The predicted molar refractivity (Wildman–Crippen MR) is 85.7 cm³/mol. The molecular formula is C18H21F2NO2. The zero-order chi connectivity index (χ0) is 16.8. The molecule has 0 radical (unpaired) electrons. The molecule has 3 nitrogen and oxygen atoms in total. The number of halogens is 2. The first-order valence-electron chi connectivity index (χ1n) is 7.45. The topological polar surface area (TPSA) is 21.7 Å². The van der Waals surface area contributed by atoms with E-state index in [1.54, 1.807) is 20.3 Å². The normalized spacial score (nSPS) is 10.9. The van der Waals surface area contributed by atoms with Gasteiger partial charge in [0.15, 0.2) is 23.1 Å². The van der Waals surface area contributed by atoms with Crippen LogP contribution in [-0.2, 0) is 13.1 Å². The zero-order valence-electron chi connectivity index (χ0n) is 13.6. The molecule has 0 spiro atoms. The summed E-state index contributed by atoms with van der Waals surface area (Å²) in [5.41, 5.74) is 1.37. The van der Waals surface area contributed by atoms with Crippen molar-refractivity contribution in [3.63, 3.8) is 0 Å². The van der Waals surface area contributed by atoms with Gasteiger partial charge in [-0.25, -0.2) is 8.78 Å². The second kappa shape index (κ2) is 7.92. The molecule has 0 saturated heterocycles. The molecular weight excluding hydrogens is 300 g/mol. The van der Waals surface area contributed by atoms with Crippen LogP contribution in [0.1, 0.15) is 18.1 Å². The van der Waals surface area contributed by atoms with Crippen LogP contribution in [0.5, 0.6) is 11.5 Å². The zero-order valence-corrected chi connectivity index (χ0v) is 13.6. The lowest BCUT2D eigenvalue weighted by Gasteiger charge is -2.21. The molecule has 0 aliphatic heterocycles. The fraction of sp³-hybridized carbons (Fsp3) is 0.333. The van der Waals surface area contributed by atoms with Crippen LogP contribution in [0.15, 0.2) is 36.4 Å². The third kappa shape index (κ3) is 4.20. The smallest absolute Gasteiger partial charge is 0.163 e. The molecule has 0 aliphatic carbocycles. The molecule has 0 N–H and O–H groups in total. The fourth-order valence-electron chi connectivity index (χ4n) is 2.43. The molecule has 2 aromatic carbocycles. The Kier molecular flexibility index (Phi) is 5.93. The Morgan fingerprint density at radius 1 is 0.957 bits per heavy atom. The van der Waals surface area contributed by atoms with E-state index in [4.69, 9.17) is 9.47 Å². The molecule has 2 aromatic rings. The number of hydrogen-bond donors (Lipinski definition) is 0. The summed E-state index contributed by atoms with van der Waals surface area (Å²) in [4.78, 5) is 2.03. The van der Waals surface area contributed by atoms with Gasteiger partial charge < -0.3 is 9.47 Å². The molecule has 5 heteroatoms. The molecule has 2 rings (SSSR count). The quantitative estimate of drug-likeness (QED) is 0.769. The van der Waals surface area contributed by atoms with Gasteiger partial charge in [0.2, 0.25) is 0 Å². The van der Waals surface area contributed by atoms with E-state index in [-0.39, 0.29) is 0 Å². The van der Waals surface area contributed by atoms with Gasteiger partial charge >= 0.3 is 0 Å². The number of nitrogens with zero attached hydrogens (tertiary/aromatic N) is 1. The minimum atomic E-state index is -0.815. The van der Waals surface area contributed by atoms with Crippen molar-refractivity contribution in [2.24, 2.45) is 0 Å². The number of rotatable bonds is 7. The molecule has 0 aromatic heterocycles. The van der Waals surface area contributed by atoms with Gasteiger partial charge in [-0.1, -0.05) is 25.1 Å². The summed E-state index contributed by atoms with van der Waals surface area (Å²) in [5, 5.41) is 0. The van der Waals surface area contributed by atoms with E-state index in [9.17, 15) is 8.78 Å². The summed E-state index contributed by atoms with van der Waals surface area (Å²) >= 11 is 0. The number of methoxy groups -OCH3 is 2. The maximum atomic E-state index is 13.8. The first-order chi connectivity index (χ1) is 11.1. The van der Waals surface area contributed by atoms with Crippen LogP contribution in [0.25, 0.3) is 0 Å². The predicted octanol–water partition coefficient (Wildman–Crippen LogP) is 4.00. The molecule has 124 valence electrons. The SMILES string of the molecule is CCN(Cc1ccc(OC)c(OC)c1)Cc1cccc(F)c1F. The largest absolute Gasteiger partial charge is 0.493 e. The van der Waals surface area contributed by atoms with E-state index in [1.165, 1.54) is 6.07 Å². The van der Waals surface area contributed by atoms with E-state index in [2.05, 4.69) is 0 Å². The van der Waals surface area contributed by atoms with E-state index in [0.29, 0.717) is 36.7 Å². The van der Waals surface area contributed by atoms with Crippen LogP contribution < -0.4 is 9.47 Å². The minimum Gasteiger partial charge on any atom is -0.493 e. The summed E-state index contributed by atoms with van der Waals surface area (Å²) in [6.07, 6.45) is 0. The average molecular weight is 321 g/mol. The Bertz CT molecular complexity index is 661. The summed E-state index contributed by atoms with van der Waals surface area (Å²) in [6.45, 7) is 3.64. The molecule has 0 heterocycles. The van der Waals surface area contributed by atoms with Crippen molar-refractivity contribution >= 4 is 0 Å². The molecule has 0 amide bonds. The highest BCUT2D eigenvalue weighted by Crippen LogP contribution is 2.28. The van der Waals surface area contributed by atoms with Crippen LogP contribution in [0.2, 0.25) is 0 Å². The van der Waals surface area contributed by atoms with Crippen LogP contribution in [0.3, 0.4) is 0 Å². The first kappa shape index (κ1) is 17.2. The third-order valence-electron chi connectivity index (χ3n) is 3.73. The highest BCUT2D eigenvalue weighted by atomic mass is 19.2. The summed E-state index contributed by atoms with van der Waals surface area (Å²) in [7, 11) is 3.17. The Hall–Kier alpha value is -2.14. The van der Waals surface area contributed by atoms with Gasteiger partial charge in [0, 0.05) is 18.7 Å². The lowest BCUT2D eigenvalue weighted by Crippen LogP contribution is -2.23. The second-order valence-electron chi connectivity index (χ2n) is 5.21. The second-order valence-corrected chi connectivity index (χ2v) is 5.21. The van der Waals surface area contributed by atoms with Crippen LogP contribution in [0.4, 0.5) is 8.78 Å². The molecule has 23 heavy (non-hydrogen) atoms. The van der Waals surface area contributed by atoms with Crippen molar-refractivity contribution in [2.75, 3.05) is 20.8 Å². The van der Waals surface area contributed by atoms with Crippen molar-refractivity contribution in [3.8, 4) is 11.5 Å². The molecule has 0 unspecified atom stereocenters. The van der Waals surface area contributed by atoms with Crippen LogP contribution >= 0.6 is 0 Å². The van der Waals surface area contributed by atoms with Crippen molar-refractivity contribution in [1.29, 1.82) is 0 Å². The number of ether oxygens (including phenoxy) is 2. The van der Waals surface area contributed by atoms with Crippen molar-refractivity contribution in [3.05, 3.63) is 59.2 Å². The lowest BCUT2D eigenvalue weighted by atomic mass is 10.1. The van der Waals surface area contributed by atoms with Gasteiger partial charge in [0.25, 0.3) is 0 Å². The highest BCUT2D eigenvalue weighted by Gasteiger charge is 2.13. The molecule has 0 fully saturated rings. The summed E-state index contributed by atoms with van der Waals surface area (Å²) < 4.78 is 37.6. The Morgan fingerprint density at radius 3 is 2.35 bits per heavy atom. The van der Waals surface area contributed by atoms with E-state index < -0.39 is 11.6 Å².